The summed E-state index contributed by atoms with van der Waals surface area (Å²) >= 11 is 0. The van der Waals surface area contributed by atoms with Gasteiger partial charge in [0.15, 0.2) is 0 Å². The van der Waals surface area contributed by atoms with Crippen LogP contribution in [0.15, 0.2) is 71.8 Å². The molecule has 0 aliphatic rings. The molecule has 3 aromatic rings. The fraction of sp³-hybridized carbons (Fsp3) is 0.238. The molecular formula is C21H24N4O3S. The van der Waals surface area contributed by atoms with Gasteiger partial charge in [0.1, 0.15) is 5.82 Å². The van der Waals surface area contributed by atoms with Crippen molar-refractivity contribution in [3.05, 3.63) is 78.0 Å². The minimum atomic E-state index is -3.75. The van der Waals surface area contributed by atoms with E-state index in [9.17, 15) is 13.2 Å². The molecule has 2 N–H and O–H groups in total. The first-order valence-corrected chi connectivity index (χ1v) is 10.8. The predicted octanol–water partition coefficient (Wildman–Crippen LogP) is 3.27. The van der Waals surface area contributed by atoms with E-state index in [2.05, 4.69) is 29.0 Å². The maximum atomic E-state index is 12.6. The second-order valence-electron chi connectivity index (χ2n) is 7.08. The Hall–Kier alpha value is -2.97. The van der Waals surface area contributed by atoms with E-state index in [0.29, 0.717) is 18.3 Å². The maximum absolute atomic E-state index is 12.6. The highest BCUT2D eigenvalue weighted by molar-refractivity contribution is 7.89. The number of rotatable bonds is 8. The molecule has 3 rings (SSSR count). The van der Waals surface area contributed by atoms with Crippen molar-refractivity contribution in [2.24, 2.45) is 5.92 Å². The van der Waals surface area contributed by atoms with Gasteiger partial charge in [-0.25, -0.2) is 17.8 Å². The average molecular weight is 413 g/mol. The van der Waals surface area contributed by atoms with E-state index in [0.717, 1.165) is 5.56 Å². The number of benzene rings is 2. The molecule has 0 atom stereocenters. The summed E-state index contributed by atoms with van der Waals surface area (Å²) in [7, 11) is -3.75. The van der Waals surface area contributed by atoms with Gasteiger partial charge in [-0.2, -0.15) is 5.10 Å². The van der Waals surface area contributed by atoms with Gasteiger partial charge >= 0.3 is 0 Å². The Bertz CT molecular complexity index is 1080. The minimum absolute atomic E-state index is 0.0387. The zero-order valence-corrected chi connectivity index (χ0v) is 17.2. The lowest BCUT2D eigenvalue weighted by Gasteiger charge is -2.12. The van der Waals surface area contributed by atoms with Crippen LogP contribution in [0.25, 0.3) is 0 Å². The van der Waals surface area contributed by atoms with E-state index >= 15 is 0 Å². The van der Waals surface area contributed by atoms with Crippen LogP contribution in [0, 0.1) is 5.92 Å². The van der Waals surface area contributed by atoms with E-state index in [4.69, 9.17) is 0 Å². The fourth-order valence-corrected chi connectivity index (χ4v) is 3.84. The topological polar surface area (TPSA) is 93.1 Å². The van der Waals surface area contributed by atoms with Crippen molar-refractivity contribution in [2.75, 3.05) is 5.32 Å². The summed E-state index contributed by atoms with van der Waals surface area (Å²) in [4.78, 5) is 12.7. The highest BCUT2D eigenvalue weighted by Gasteiger charge is 2.17. The van der Waals surface area contributed by atoms with E-state index in [-0.39, 0.29) is 17.0 Å². The zero-order chi connectivity index (χ0) is 20.9. The highest BCUT2D eigenvalue weighted by Crippen LogP contribution is 2.15. The third kappa shape index (κ3) is 5.52. The van der Waals surface area contributed by atoms with Gasteiger partial charge in [0, 0.05) is 24.7 Å². The molecule has 0 fully saturated rings. The average Bonchev–Trinajstić information content (AvgIpc) is 3.13. The molecule has 8 heteroatoms. The number of hydrogen-bond acceptors (Lipinski definition) is 4. The molecule has 0 spiro atoms. The first-order chi connectivity index (χ1) is 13.8. The molecule has 0 saturated carbocycles. The van der Waals surface area contributed by atoms with Crippen LogP contribution in [0.4, 0.5) is 5.82 Å². The maximum Gasteiger partial charge on any atom is 0.256 e. The molecule has 0 saturated heterocycles. The molecule has 0 unspecified atom stereocenters. The molecule has 7 nitrogen and oxygen atoms in total. The van der Waals surface area contributed by atoms with E-state index in [1.54, 1.807) is 29.1 Å². The largest absolute Gasteiger partial charge is 0.307 e. The lowest BCUT2D eigenvalue weighted by Crippen LogP contribution is -2.24. The number of carbonyl (C=O) groups is 1. The molecular weight excluding hydrogens is 388 g/mol. The van der Waals surface area contributed by atoms with Crippen molar-refractivity contribution in [2.45, 2.75) is 31.8 Å². The zero-order valence-electron chi connectivity index (χ0n) is 16.4. The smallest absolute Gasteiger partial charge is 0.256 e. The van der Waals surface area contributed by atoms with E-state index in [1.807, 2.05) is 30.3 Å². The van der Waals surface area contributed by atoms with Crippen LogP contribution in [0.1, 0.15) is 29.8 Å². The Morgan fingerprint density at radius 2 is 1.83 bits per heavy atom. The number of sulfonamides is 1. The summed E-state index contributed by atoms with van der Waals surface area (Å²) in [5, 5.41) is 7.00. The van der Waals surface area contributed by atoms with Crippen LogP contribution in [0.5, 0.6) is 0 Å². The Morgan fingerprint density at radius 3 is 2.55 bits per heavy atom. The molecule has 1 amide bonds. The number of carbonyl (C=O) groups excluding carboxylic acids is 1. The van der Waals surface area contributed by atoms with E-state index < -0.39 is 15.9 Å². The quantitative estimate of drug-likeness (QED) is 0.594. The Morgan fingerprint density at radius 1 is 1.07 bits per heavy atom. The fourth-order valence-electron chi connectivity index (χ4n) is 2.78. The predicted molar refractivity (Wildman–Crippen MR) is 112 cm³/mol. The SMILES string of the molecule is CC(C)Cn1nccc1NC(=O)c1cccc(S(=O)(=O)NCc2ccccc2)c1. The van der Waals surface area contributed by atoms with Crippen LogP contribution >= 0.6 is 0 Å². The van der Waals surface area contributed by atoms with Crippen molar-refractivity contribution in [1.29, 1.82) is 0 Å². The second kappa shape index (κ2) is 9.02. The molecule has 1 aromatic heterocycles. The summed E-state index contributed by atoms with van der Waals surface area (Å²) in [6.07, 6.45) is 1.62. The van der Waals surface area contributed by atoms with Gasteiger partial charge in [0.25, 0.3) is 5.91 Å². The van der Waals surface area contributed by atoms with Gasteiger partial charge in [-0.3, -0.25) is 4.79 Å². The second-order valence-corrected chi connectivity index (χ2v) is 8.85. The van der Waals surface area contributed by atoms with Gasteiger partial charge in [0.2, 0.25) is 10.0 Å². The Labute approximate surface area is 170 Å². The number of hydrogen-bond donors (Lipinski definition) is 2. The molecule has 2 aromatic carbocycles. The Kier molecular flexibility index (Phi) is 6.46. The first-order valence-electron chi connectivity index (χ1n) is 9.32. The lowest BCUT2D eigenvalue weighted by molar-refractivity contribution is 0.102. The van der Waals surface area contributed by atoms with Gasteiger partial charge in [0.05, 0.1) is 11.1 Å². The van der Waals surface area contributed by atoms with Crippen LogP contribution in [-0.2, 0) is 23.1 Å². The van der Waals surface area contributed by atoms with Gasteiger partial charge in [-0.05, 0) is 29.7 Å². The van der Waals surface area contributed by atoms with E-state index in [1.165, 1.54) is 12.1 Å². The number of nitrogens with one attached hydrogen (secondary N) is 2. The highest BCUT2D eigenvalue weighted by atomic mass is 32.2. The molecule has 0 bridgehead atoms. The summed E-state index contributed by atoms with van der Waals surface area (Å²) in [5.41, 5.74) is 1.10. The third-order valence-corrected chi connectivity index (χ3v) is 5.61. The Balaban J connectivity index is 1.73. The summed E-state index contributed by atoms with van der Waals surface area (Å²) < 4.78 is 29.5. The summed E-state index contributed by atoms with van der Waals surface area (Å²) in [5.74, 6) is 0.546. The molecule has 1 heterocycles. The van der Waals surface area contributed by atoms with Gasteiger partial charge in [-0.1, -0.05) is 50.2 Å². The van der Waals surface area contributed by atoms with Crippen molar-refractivity contribution in [1.82, 2.24) is 14.5 Å². The van der Waals surface area contributed by atoms with Crippen LogP contribution in [0.3, 0.4) is 0 Å². The molecule has 152 valence electrons. The van der Waals surface area contributed by atoms with Crippen LogP contribution in [-0.4, -0.2) is 24.1 Å². The standard InChI is InChI=1S/C21H24N4O3S/c1-16(2)15-25-20(11-12-22-25)24-21(26)18-9-6-10-19(13-18)29(27,28)23-14-17-7-4-3-5-8-17/h3-13,16,23H,14-15H2,1-2H3,(H,24,26). The van der Waals surface area contributed by atoms with Gasteiger partial charge < -0.3 is 5.32 Å². The van der Waals surface area contributed by atoms with Gasteiger partial charge in [-0.15, -0.1) is 0 Å². The number of nitrogens with zero attached hydrogens (tertiary/aromatic N) is 2. The van der Waals surface area contributed by atoms with Crippen molar-refractivity contribution < 1.29 is 13.2 Å². The molecule has 0 aliphatic carbocycles. The summed E-state index contributed by atoms with van der Waals surface area (Å²) in [6, 6.07) is 16.9. The van der Waals surface area contributed by atoms with Crippen LogP contribution in [0.2, 0.25) is 0 Å². The number of amides is 1. The van der Waals surface area contributed by atoms with Crippen LogP contribution < -0.4 is 10.0 Å². The monoisotopic (exact) mass is 412 g/mol. The van der Waals surface area contributed by atoms with Crippen molar-refractivity contribution in [3.63, 3.8) is 0 Å². The number of aromatic nitrogens is 2. The minimum Gasteiger partial charge on any atom is -0.307 e. The number of anilines is 1. The lowest BCUT2D eigenvalue weighted by atomic mass is 10.2. The normalized spacial score (nSPS) is 11.6. The molecule has 0 radical (unpaired) electrons. The molecule has 0 aliphatic heterocycles. The summed E-state index contributed by atoms with van der Waals surface area (Å²) in [6.45, 7) is 4.96. The molecule has 29 heavy (non-hydrogen) atoms. The van der Waals surface area contributed by atoms with Crippen molar-refractivity contribution in [3.8, 4) is 0 Å². The van der Waals surface area contributed by atoms with Crippen molar-refractivity contribution >= 4 is 21.7 Å². The first kappa shape index (κ1) is 20.8. The third-order valence-electron chi connectivity index (χ3n) is 4.21.